The van der Waals surface area contributed by atoms with Gasteiger partial charge in [0.15, 0.2) is 0 Å². The van der Waals surface area contributed by atoms with E-state index in [1.165, 1.54) is 13.5 Å². The van der Waals surface area contributed by atoms with Crippen molar-refractivity contribution in [2.24, 2.45) is 11.3 Å². The van der Waals surface area contributed by atoms with Crippen LogP contribution in [0.25, 0.3) is 0 Å². The van der Waals surface area contributed by atoms with Crippen LogP contribution in [0.5, 0.6) is 0 Å². The Balaban J connectivity index is 2.37. The lowest BCUT2D eigenvalue weighted by Gasteiger charge is -2.38. The molecule has 0 spiro atoms. The number of carbonyl (C=O) groups is 1. The van der Waals surface area contributed by atoms with Gasteiger partial charge in [-0.1, -0.05) is 27.7 Å². The van der Waals surface area contributed by atoms with Crippen LogP contribution in [0, 0.1) is 11.3 Å². The molecular weight excluding hydrogens is 266 g/mol. The van der Waals surface area contributed by atoms with Gasteiger partial charge >= 0.3 is 5.97 Å². The van der Waals surface area contributed by atoms with Crippen molar-refractivity contribution >= 4 is 5.97 Å². The van der Waals surface area contributed by atoms with E-state index >= 15 is 0 Å². The van der Waals surface area contributed by atoms with Gasteiger partial charge in [0.05, 0.1) is 13.2 Å². The maximum atomic E-state index is 11.7. The van der Waals surface area contributed by atoms with Crippen molar-refractivity contribution in [2.75, 3.05) is 20.3 Å². The summed E-state index contributed by atoms with van der Waals surface area (Å²) in [5.41, 5.74) is 0.366. The normalized spacial score (nSPS) is 26.3. The van der Waals surface area contributed by atoms with Crippen LogP contribution >= 0.6 is 0 Å². The predicted octanol–water partition coefficient (Wildman–Crippen LogP) is 3.15. The van der Waals surface area contributed by atoms with Gasteiger partial charge in [0, 0.05) is 6.61 Å². The minimum Gasteiger partial charge on any atom is -0.468 e. The van der Waals surface area contributed by atoms with Gasteiger partial charge in [-0.25, -0.2) is 0 Å². The van der Waals surface area contributed by atoms with Gasteiger partial charge in [-0.3, -0.25) is 4.79 Å². The molecule has 0 aromatic rings. The zero-order valence-corrected chi connectivity index (χ0v) is 14.4. The molecule has 4 nitrogen and oxygen atoms in total. The lowest BCUT2D eigenvalue weighted by atomic mass is 9.71. The Bertz CT molecular complexity index is 317. The third-order valence-corrected chi connectivity index (χ3v) is 4.23. The van der Waals surface area contributed by atoms with Crippen molar-refractivity contribution in [3.63, 3.8) is 0 Å². The topological polar surface area (TPSA) is 47.6 Å². The molecule has 3 unspecified atom stereocenters. The second kappa shape index (κ2) is 8.74. The van der Waals surface area contributed by atoms with Crippen LogP contribution in [0.4, 0.5) is 0 Å². The first kappa shape index (κ1) is 18.4. The standard InChI is InChI=1S/C17H33NO3/c1-6-8-18-15(16(19)20-5)7-9-21-14-10-13(2)11-17(3,4)12-14/h13-15,18H,6-12H2,1-5H3. The quantitative estimate of drug-likeness (QED) is 0.699. The third kappa shape index (κ3) is 6.79. The van der Waals surface area contributed by atoms with Gasteiger partial charge in [0.2, 0.25) is 0 Å². The molecule has 0 aromatic heterocycles. The van der Waals surface area contributed by atoms with Crippen molar-refractivity contribution in [2.45, 2.75) is 71.9 Å². The molecule has 0 aliphatic heterocycles. The van der Waals surface area contributed by atoms with Crippen LogP contribution in [0.15, 0.2) is 0 Å². The molecule has 1 N–H and O–H groups in total. The second-order valence-electron chi connectivity index (χ2n) is 7.22. The summed E-state index contributed by atoms with van der Waals surface area (Å²) in [6.07, 6.45) is 5.53. The fraction of sp³-hybridized carbons (Fsp3) is 0.941. The molecule has 1 aliphatic rings. The molecule has 21 heavy (non-hydrogen) atoms. The molecule has 1 fully saturated rings. The third-order valence-electron chi connectivity index (χ3n) is 4.23. The lowest BCUT2D eigenvalue weighted by Crippen LogP contribution is -2.40. The Labute approximate surface area is 130 Å². The molecule has 0 aromatic carbocycles. The summed E-state index contributed by atoms with van der Waals surface area (Å²) in [5.74, 6) is 0.526. The molecule has 4 heteroatoms. The number of hydrogen-bond donors (Lipinski definition) is 1. The molecule has 0 radical (unpaired) electrons. The van der Waals surface area contributed by atoms with Gasteiger partial charge in [-0.15, -0.1) is 0 Å². The van der Waals surface area contributed by atoms with Crippen LogP contribution in [-0.2, 0) is 14.3 Å². The minimum atomic E-state index is -0.246. The zero-order chi connectivity index (χ0) is 15.9. The molecule has 1 saturated carbocycles. The van der Waals surface area contributed by atoms with Gasteiger partial charge in [-0.05, 0) is 50.0 Å². The molecule has 0 bridgehead atoms. The molecule has 0 saturated heterocycles. The van der Waals surface area contributed by atoms with Gasteiger partial charge in [-0.2, -0.15) is 0 Å². The van der Waals surface area contributed by atoms with Crippen molar-refractivity contribution in [1.82, 2.24) is 5.32 Å². The van der Waals surface area contributed by atoms with Crippen molar-refractivity contribution in [3.8, 4) is 0 Å². The first-order chi connectivity index (χ1) is 9.88. The first-order valence-electron chi connectivity index (χ1n) is 8.30. The van der Waals surface area contributed by atoms with Crippen molar-refractivity contribution in [1.29, 1.82) is 0 Å². The van der Waals surface area contributed by atoms with E-state index in [-0.39, 0.29) is 12.0 Å². The molecule has 1 aliphatic carbocycles. The van der Waals surface area contributed by atoms with Gasteiger partial charge in [0.1, 0.15) is 6.04 Å². The molecule has 0 heterocycles. The number of nitrogens with one attached hydrogen (secondary N) is 1. The highest BCUT2D eigenvalue weighted by Crippen LogP contribution is 2.39. The fourth-order valence-electron chi connectivity index (χ4n) is 3.50. The number of rotatable bonds is 8. The summed E-state index contributed by atoms with van der Waals surface area (Å²) < 4.78 is 10.9. The molecule has 1 rings (SSSR count). The highest BCUT2D eigenvalue weighted by Gasteiger charge is 2.32. The van der Waals surface area contributed by atoms with Crippen LogP contribution in [0.1, 0.15) is 59.8 Å². The zero-order valence-electron chi connectivity index (χ0n) is 14.4. The van der Waals surface area contributed by atoms with Crippen molar-refractivity contribution < 1.29 is 14.3 Å². The number of methoxy groups -OCH3 is 1. The predicted molar refractivity (Wildman–Crippen MR) is 85.3 cm³/mol. The van der Waals surface area contributed by atoms with E-state index in [1.807, 2.05) is 0 Å². The smallest absolute Gasteiger partial charge is 0.322 e. The summed E-state index contributed by atoms with van der Waals surface area (Å²) in [6.45, 7) is 10.5. The minimum absolute atomic E-state index is 0.190. The van der Waals surface area contributed by atoms with E-state index in [2.05, 4.69) is 33.0 Å². The Hall–Kier alpha value is -0.610. The Morgan fingerprint density at radius 3 is 2.67 bits per heavy atom. The van der Waals surface area contributed by atoms with Gasteiger partial charge in [0.25, 0.3) is 0 Å². The van der Waals surface area contributed by atoms with Crippen LogP contribution in [-0.4, -0.2) is 38.4 Å². The molecule has 124 valence electrons. The Morgan fingerprint density at radius 1 is 1.38 bits per heavy atom. The molecule has 0 amide bonds. The Kier molecular flexibility index (Phi) is 7.67. The summed E-state index contributed by atoms with van der Waals surface area (Å²) in [6, 6.07) is -0.246. The average Bonchev–Trinajstić information content (AvgIpc) is 2.39. The SMILES string of the molecule is CCCNC(CCOC1CC(C)CC(C)(C)C1)C(=O)OC. The summed E-state index contributed by atoms with van der Waals surface area (Å²) >= 11 is 0. The number of esters is 1. The average molecular weight is 299 g/mol. The Morgan fingerprint density at radius 2 is 2.10 bits per heavy atom. The first-order valence-corrected chi connectivity index (χ1v) is 8.30. The monoisotopic (exact) mass is 299 g/mol. The van der Waals surface area contributed by atoms with E-state index in [4.69, 9.17) is 9.47 Å². The van der Waals surface area contributed by atoms with E-state index in [9.17, 15) is 4.79 Å². The summed E-state index contributed by atoms with van der Waals surface area (Å²) in [7, 11) is 1.44. The highest BCUT2D eigenvalue weighted by molar-refractivity contribution is 5.75. The summed E-state index contributed by atoms with van der Waals surface area (Å²) in [5, 5.41) is 3.23. The van der Waals surface area contributed by atoms with E-state index in [0.29, 0.717) is 30.5 Å². The van der Waals surface area contributed by atoms with Gasteiger partial charge < -0.3 is 14.8 Å². The van der Waals surface area contributed by atoms with Crippen LogP contribution < -0.4 is 5.32 Å². The molecular formula is C17H33NO3. The number of hydrogen-bond acceptors (Lipinski definition) is 4. The maximum absolute atomic E-state index is 11.7. The number of ether oxygens (including phenoxy) is 2. The van der Waals surface area contributed by atoms with Crippen molar-refractivity contribution in [3.05, 3.63) is 0 Å². The molecule has 3 atom stereocenters. The van der Waals surface area contributed by atoms with E-state index in [1.54, 1.807) is 0 Å². The van der Waals surface area contributed by atoms with E-state index < -0.39 is 0 Å². The van der Waals surface area contributed by atoms with E-state index in [0.717, 1.165) is 25.8 Å². The lowest BCUT2D eigenvalue weighted by molar-refractivity contribution is -0.144. The fourth-order valence-corrected chi connectivity index (χ4v) is 3.50. The van der Waals surface area contributed by atoms with Crippen LogP contribution in [0.2, 0.25) is 0 Å². The number of carbonyl (C=O) groups excluding carboxylic acids is 1. The largest absolute Gasteiger partial charge is 0.468 e. The maximum Gasteiger partial charge on any atom is 0.322 e. The summed E-state index contributed by atoms with van der Waals surface area (Å²) in [4.78, 5) is 11.7. The second-order valence-corrected chi connectivity index (χ2v) is 7.22. The highest BCUT2D eigenvalue weighted by atomic mass is 16.5. The van der Waals surface area contributed by atoms with Crippen LogP contribution in [0.3, 0.4) is 0 Å².